The fourth-order valence-electron chi connectivity index (χ4n) is 0.686. The van der Waals surface area contributed by atoms with Crippen LogP contribution in [0.15, 0.2) is 12.5 Å². The highest BCUT2D eigenvalue weighted by Crippen LogP contribution is 2.02. The number of nitrogens with two attached hydrogens (primary N) is 1. The van der Waals surface area contributed by atoms with Crippen LogP contribution in [0, 0.1) is 0 Å². The highest BCUT2D eigenvalue weighted by atomic mass is 15.5. The van der Waals surface area contributed by atoms with Crippen LogP contribution in [-0.2, 0) is 0 Å². The van der Waals surface area contributed by atoms with Crippen molar-refractivity contribution in [3.63, 3.8) is 0 Å². The lowest BCUT2D eigenvalue weighted by Gasteiger charge is -1.90. The van der Waals surface area contributed by atoms with Crippen LogP contribution in [0.5, 0.6) is 0 Å². The molecule has 2 heterocycles. The summed E-state index contributed by atoms with van der Waals surface area (Å²) in [5.74, 6) is 0.389. The van der Waals surface area contributed by atoms with E-state index in [1.54, 1.807) is 0 Å². The van der Waals surface area contributed by atoms with E-state index in [1.165, 1.54) is 17.2 Å². The monoisotopic (exact) mass is 136 g/mol. The summed E-state index contributed by atoms with van der Waals surface area (Å²) in [6.45, 7) is 0. The molecule has 0 bridgehead atoms. The van der Waals surface area contributed by atoms with Crippen LogP contribution in [0.2, 0.25) is 0 Å². The Bertz CT molecular complexity index is 351. The Morgan fingerprint density at radius 1 is 1.50 bits per heavy atom. The molecule has 6 heteroatoms. The molecule has 0 amide bonds. The van der Waals surface area contributed by atoms with Gasteiger partial charge in [0.15, 0.2) is 5.82 Å². The summed E-state index contributed by atoms with van der Waals surface area (Å²) in [5, 5.41) is 11.0. The van der Waals surface area contributed by atoms with Gasteiger partial charge in [-0.05, 0) is 5.21 Å². The van der Waals surface area contributed by atoms with Gasteiger partial charge in [-0.2, -0.15) is 0 Å². The summed E-state index contributed by atoms with van der Waals surface area (Å²) in [7, 11) is 0. The van der Waals surface area contributed by atoms with Gasteiger partial charge in [0, 0.05) is 0 Å². The number of nitrogens with zero attached hydrogens (tertiary/aromatic N) is 5. The smallest absolute Gasteiger partial charge is 0.154 e. The lowest BCUT2D eigenvalue weighted by Crippen LogP contribution is -1.99. The number of hydrogen-bond donors (Lipinski definition) is 1. The molecule has 0 unspecified atom stereocenters. The first-order valence-corrected chi connectivity index (χ1v) is 2.65. The molecule has 0 spiro atoms. The first-order valence-electron chi connectivity index (χ1n) is 2.65. The minimum Gasteiger partial charge on any atom is -0.382 e. The van der Waals surface area contributed by atoms with Gasteiger partial charge in [0.1, 0.15) is 11.8 Å². The van der Waals surface area contributed by atoms with E-state index in [9.17, 15) is 0 Å². The van der Waals surface area contributed by atoms with E-state index in [2.05, 4.69) is 20.4 Å². The van der Waals surface area contributed by atoms with Crippen molar-refractivity contribution in [1.82, 2.24) is 25.0 Å². The minimum atomic E-state index is 0.389. The van der Waals surface area contributed by atoms with Crippen molar-refractivity contribution in [3.8, 4) is 0 Å². The zero-order valence-electron chi connectivity index (χ0n) is 4.97. The first-order chi connectivity index (χ1) is 4.88. The van der Waals surface area contributed by atoms with Crippen molar-refractivity contribution in [3.05, 3.63) is 12.5 Å². The molecule has 0 radical (unpaired) electrons. The lowest BCUT2D eigenvalue weighted by molar-refractivity contribution is 0.732. The molecule has 10 heavy (non-hydrogen) atoms. The van der Waals surface area contributed by atoms with E-state index in [4.69, 9.17) is 5.73 Å². The molecule has 2 rings (SSSR count). The van der Waals surface area contributed by atoms with Crippen molar-refractivity contribution in [2.24, 2.45) is 0 Å². The van der Waals surface area contributed by atoms with Crippen molar-refractivity contribution in [2.75, 3.05) is 5.73 Å². The molecule has 2 aromatic rings. The van der Waals surface area contributed by atoms with Crippen LogP contribution in [0.4, 0.5) is 5.82 Å². The van der Waals surface area contributed by atoms with Gasteiger partial charge in [0.25, 0.3) is 0 Å². The minimum absolute atomic E-state index is 0.389. The van der Waals surface area contributed by atoms with Gasteiger partial charge < -0.3 is 5.73 Å². The number of aromatic nitrogens is 5. The quantitative estimate of drug-likeness (QED) is 0.507. The summed E-state index contributed by atoms with van der Waals surface area (Å²) in [6, 6.07) is 0. The molecule has 0 aliphatic heterocycles. The first kappa shape index (κ1) is 5.10. The van der Waals surface area contributed by atoms with Gasteiger partial charge in [-0.1, -0.05) is 0 Å². The third kappa shape index (κ3) is 0.524. The summed E-state index contributed by atoms with van der Waals surface area (Å²) >= 11 is 0. The van der Waals surface area contributed by atoms with Crippen LogP contribution in [-0.4, -0.2) is 25.0 Å². The molecule has 2 aromatic heterocycles. The Hall–Kier alpha value is -1.72. The van der Waals surface area contributed by atoms with E-state index in [-0.39, 0.29) is 0 Å². The van der Waals surface area contributed by atoms with Gasteiger partial charge in [-0.3, -0.25) is 0 Å². The predicted molar refractivity (Wildman–Crippen MR) is 33.0 cm³/mol. The number of anilines is 1. The van der Waals surface area contributed by atoms with Gasteiger partial charge in [0.2, 0.25) is 0 Å². The Morgan fingerprint density at radius 2 is 2.40 bits per heavy atom. The Morgan fingerprint density at radius 3 is 3.20 bits per heavy atom. The van der Waals surface area contributed by atoms with Crippen LogP contribution >= 0.6 is 0 Å². The second kappa shape index (κ2) is 1.63. The largest absolute Gasteiger partial charge is 0.382 e. The van der Waals surface area contributed by atoms with E-state index in [0.29, 0.717) is 11.3 Å². The normalized spacial score (nSPS) is 10.4. The van der Waals surface area contributed by atoms with Crippen LogP contribution < -0.4 is 5.73 Å². The van der Waals surface area contributed by atoms with E-state index >= 15 is 0 Å². The fourth-order valence-corrected chi connectivity index (χ4v) is 0.686. The molecular weight excluding hydrogens is 132 g/mol. The van der Waals surface area contributed by atoms with Gasteiger partial charge >= 0.3 is 0 Å². The molecule has 0 saturated carbocycles. The molecule has 0 saturated heterocycles. The molecular formula is C4H4N6. The number of hydrogen-bond acceptors (Lipinski definition) is 5. The zero-order valence-corrected chi connectivity index (χ0v) is 4.97. The summed E-state index contributed by atoms with van der Waals surface area (Å²) in [6.07, 6.45) is 2.84. The van der Waals surface area contributed by atoms with Gasteiger partial charge in [0.05, 0.1) is 6.20 Å². The SMILES string of the molecule is Nc1ncnn2nncc12. The molecule has 0 aliphatic carbocycles. The van der Waals surface area contributed by atoms with Crippen LogP contribution in [0.25, 0.3) is 5.52 Å². The summed E-state index contributed by atoms with van der Waals surface area (Å²) in [5.41, 5.74) is 6.08. The maximum absolute atomic E-state index is 5.45. The van der Waals surface area contributed by atoms with Crippen LogP contribution in [0.1, 0.15) is 0 Å². The highest BCUT2D eigenvalue weighted by molar-refractivity contribution is 5.61. The van der Waals surface area contributed by atoms with Crippen molar-refractivity contribution < 1.29 is 0 Å². The van der Waals surface area contributed by atoms with Gasteiger partial charge in [-0.25, -0.2) is 4.98 Å². The van der Waals surface area contributed by atoms with Gasteiger partial charge in [-0.15, -0.1) is 14.8 Å². The van der Waals surface area contributed by atoms with Crippen molar-refractivity contribution in [1.29, 1.82) is 0 Å². The average molecular weight is 136 g/mol. The molecule has 6 nitrogen and oxygen atoms in total. The van der Waals surface area contributed by atoms with Crippen LogP contribution in [0.3, 0.4) is 0 Å². The second-order valence-corrected chi connectivity index (χ2v) is 1.75. The Balaban J connectivity index is 2.95. The van der Waals surface area contributed by atoms with E-state index in [1.807, 2.05) is 0 Å². The molecule has 2 N–H and O–H groups in total. The predicted octanol–water partition coefficient (Wildman–Crippen LogP) is -0.899. The average Bonchev–Trinajstić information content (AvgIpc) is 2.36. The summed E-state index contributed by atoms with van der Waals surface area (Å²) in [4.78, 5) is 3.75. The van der Waals surface area contributed by atoms with E-state index < -0.39 is 0 Å². The number of nitrogen functional groups attached to an aromatic ring is 1. The third-order valence-electron chi connectivity index (χ3n) is 1.15. The molecule has 0 atom stereocenters. The Labute approximate surface area is 55.7 Å². The lowest BCUT2D eigenvalue weighted by atomic mass is 10.6. The molecule has 0 aliphatic rings. The zero-order chi connectivity index (χ0) is 6.97. The maximum atomic E-state index is 5.45. The number of fused-ring (bicyclic) bond motifs is 1. The van der Waals surface area contributed by atoms with Crippen molar-refractivity contribution in [2.45, 2.75) is 0 Å². The molecule has 0 aromatic carbocycles. The van der Waals surface area contributed by atoms with Crippen molar-refractivity contribution >= 4 is 11.3 Å². The van der Waals surface area contributed by atoms with E-state index in [0.717, 1.165) is 0 Å². The second-order valence-electron chi connectivity index (χ2n) is 1.75. The fraction of sp³-hybridized carbons (Fsp3) is 0. The third-order valence-corrected chi connectivity index (χ3v) is 1.15. The standard InChI is InChI=1S/C4H4N6/c5-4-3-1-7-9-10(3)8-2-6-4/h1-2H,(H2,5,6,8). The highest BCUT2D eigenvalue weighted by Gasteiger charge is 1.98. The topological polar surface area (TPSA) is 82.0 Å². The number of rotatable bonds is 0. The Kier molecular flexibility index (Phi) is 0.830. The molecule has 50 valence electrons. The summed E-state index contributed by atoms with van der Waals surface area (Å²) < 4.78 is 1.32. The molecule has 0 fully saturated rings. The maximum Gasteiger partial charge on any atom is 0.154 e.